The highest BCUT2D eigenvalue weighted by Crippen LogP contribution is 2.20. The largest absolute Gasteiger partial charge is 0.481 e. The SMILES string of the molecule is NC(Cc1c[nH]c2ccccc12)C(=O)NC(Cc1c[nH]c2ccccc12)C(=O)NCC(=O)NC(CC(=O)O)C(=O)O. The minimum atomic E-state index is -1.67. The molecule has 4 rings (SSSR count). The number of carbonyl (C=O) groups excluding carboxylic acids is 3. The van der Waals surface area contributed by atoms with Crippen LogP contribution in [0.3, 0.4) is 0 Å². The van der Waals surface area contributed by atoms with Crippen molar-refractivity contribution in [2.24, 2.45) is 5.73 Å². The summed E-state index contributed by atoms with van der Waals surface area (Å²) in [5, 5.41) is 26.9. The molecule has 0 aliphatic heterocycles. The number of hydrogen-bond acceptors (Lipinski definition) is 6. The van der Waals surface area contributed by atoms with Crippen LogP contribution in [-0.2, 0) is 36.8 Å². The van der Waals surface area contributed by atoms with Gasteiger partial charge in [0.05, 0.1) is 19.0 Å². The van der Waals surface area contributed by atoms with E-state index >= 15 is 0 Å². The van der Waals surface area contributed by atoms with Crippen molar-refractivity contribution >= 4 is 51.5 Å². The Kier molecular flexibility index (Phi) is 8.99. The van der Waals surface area contributed by atoms with Crippen molar-refractivity contribution in [2.75, 3.05) is 6.54 Å². The number of carbonyl (C=O) groups is 5. The van der Waals surface area contributed by atoms with E-state index in [0.29, 0.717) is 0 Å². The van der Waals surface area contributed by atoms with Crippen LogP contribution < -0.4 is 21.7 Å². The van der Waals surface area contributed by atoms with Gasteiger partial charge < -0.3 is 41.9 Å². The molecular weight excluding hydrogens is 532 g/mol. The molecule has 0 fully saturated rings. The first-order valence-electron chi connectivity index (χ1n) is 12.8. The Balaban J connectivity index is 1.46. The summed E-state index contributed by atoms with van der Waals surface area (Å²) >= 11 is 0. The van der Waals surface area contributed by atoms with Gasteiger partial charge >= 0.3 is 11.9 Å². The van der Waals surface area contributed by atoms with Gasteiger partial charge in [-0.05, 0) is 29.7 Å². The van der Waals surface area contributed by atoms with Crippen molar-refractivity contribution < 1.29 is 34.2 Å². The lowest BCUT2D eigenvalue weighted by molar-refractivity contribution is -0.147. The maximum Gasteiger partial charge on any atom is 0.326 e. The molecule has 3 unspecified atom stereocenters. The summed E-state index contributed by atoms with van der Waals surface area (Å²) in [5.41, 5.74) is 9.54. The van der Waals surface area contributed by atoms with Gasteiger partial charge in [-0.1, -0.05) is 36.4 Å². The first kappa shape index (κ1) is 28.8. The Morgan fingerprint density at radius 3 is 1.88 bits per heavy atom. The van der Waals surface area contributed by atoms with E-state index in [0.717, 1.165) is 32.9 Å². The van der Waals surface area contributed by atoms with Gasteiger partial charge in [-0.3, -0.25) is 19.2 Å². The average molecular weight is 563 g/mol. The predicted octanol–water partition coefficient (Wildman–Crippen LogP) is 0.407. The number of aromatic amines is 2. The molecule has 0 radical (unpaired) electrons. The van der Waals surface area contributed by atoms with Crippen molar-refractivity contribution in [3.8, 4) is 0 Å². The van der Waals surface area contributed by atoms with E-state index in [4.69, 9.17) is 15.9 Å². The zero-order valence-corrected chi connectivity index (χ0v) is 21.8. The van der Waals surface area contributed by atoms with Crippen LogP contribution in [0.4, 0.5) is 0 Å². The number of rotatable bonds is 13. The highest BCUT2D eigenvalue weighted by Gasteiger charge is 2.27. The highest BCUT2D eigenvalue weighted by molar-refractivity contribution is 5.94. The molecule has 3 amide bonds. The molecule has 0 aliphatic rings. The summed E-state index contributed by atoms with van der Waals surface area (Å²) in [6.07, 6.45) is 2.95. The van der Waals surface area contributed by atoms with E-state index in [9.17, 15) is 24.0 Å². The summed E-state index contributed by atoms with van der Waals surface area (Å²) in [7, 11) is 0. The molecule has 9 N–H and O–H groups in total. The second kappa shape index (κ2) is 12.8. The second-order valence-corrected chi connectivity index (χ2v) is 9.57. The summed E-state index contributed by atoms with van der Waals surface area (Å²) in [6.45, 7) is -0.635. The number of carboxylic acid groups (broad SMARTS) is 2. The third-order valence-corrected chi connectivity index (χ3v) is 6.62. The van der Waals surface area contributed by atoms with Gasteiger partial charge in [0.15, 0.2) is 0 Å². The third kappa shape index (κ3) is 7.28. The van der Waals surface area contributed by atoms with E-state index in [1.54, 1.807) is 12.4 Å². The molecule has 2 heterocycles. The zero-order valence-electron chi connectivity index (χ0n) is 21.8. The fraction of sp³-hybridized carbons (Fsp3) is 0.250. The van der Waals surface area contributed by atoms with Crippen molar-refractivity contribution in [1.82, 2.24) is 25.9 Å². The van der Waals surface area contributed by atoms with Gasteiger partial charge in [-0.25, -0.2) is 4.79 Å². The van der Waals surface area contributed by atoms with Crippen LogP contribution in [0, 0.1) is 0 Å². The summed E-state index contributed by atoms with van der Waals surface area (Å²) in [4.78, 5) is 67.0. The van der Waals surface area contributed by atoms with Crippen LogP contribution in [0.25, 0.3) is 21.8 Å². The van der Waals surface area contributed by atoms with Gasteiger partial charge in [0.25, 0.3) is 0 Å². The number of aliphatic carboxylic acids is 2. The molecule has 0 saturated carbocycles. The average Bonchev–Trinajstić information content (AvgIpc) is 3.54. The minimum Gasteiger partial charge on any atom is -0.481 e. The number of fused-ring (bicyclic) bond motifs is 2. The molecule has 0 bridgehead atoms. The standard InChI is InChI=1S/C28H30N6O7/c29-19(9-15-12-30-20-7-3-1-5-17(15)20)26(38)34-22(10-16-13-31-21-8-4-2-6-18(16)21)27(39)32-14-24(35)33-23(28(40)41)11-25(36)37/h1-8,12-13,19,22-23,30-31H,9-11,14,29H2,(H,32,39)(H,33,35)(H,34,38)(H,36,37)(H,40,41). The lowest BCUT2D eigenvalue weighted by atomic mass is 10.0. The lowest BCUT2D eigenvalue weighted by Gasteiger charge is -2.21. The Hall–Kier alpha value is -5.17. The number of H-pyrrole nitrogens is 2. The van der Waals surface area contributed by atoms with E-state index in [2.05, 4.69) is 25.9 Å². The van der Waals surface area contributed by atoms with Crippen molar-refractivity contribution in [1.29, 1.82) is 0 Å². The fourth-order valence-electron chi connectivity index (χ4n) is 4.55. The first-order valence-corrected chi connectivity index (χ1v) is 12.8. The Labute approximate surface area is 233 Å². The first-order chi connectivity index (χ1) is 19.6. The maximum absolute atomic E-state index is 13.2. The van der Waals surface area contributed by atoms with Crippen molar-refractivity contribution in [3.05, 3.63) is 72.1 Å². The number of hydrogen-bond donors (Lipinski definition) is 8. The topological polar surface area (TPSA) is 219 Å². The van der Waals surface area contributed by atoms with Gasteiger partial charge in [-0.15, -0.1) is 0 Å². The number of amides is 3. The van der Waals surface area contributed by atoms with Crippen LogP contribution in [-0.4, -0.2) is 74.5 Å². The zero-order chi connectivity index (χ0) is 29.5. The normalized spacial score (nSPS) is 13.3. The summed E-state index contributed by atoms with van der Waals surface area (Å²) < 4.78 is 0. The maximum atomic E-state index is 13.2. The van der Waals surface area contributed by atoms with Crippen LogP contribution in [0.5, 0.6) is 0 Å². The van der Waals surface area contributed by atoms with E-state index in [1.807, 2.05) is 48.5 Å². The summed E-state index contributed by atoms with van der Waals surface area (Å²) in [5.74, 6) is -5.12. The molecule has 13 heteroatoms. The molecule has 4 aromatic rings. The van der Waals surface area contributed by atoms with Gasteiger partial charge in [0.1, 0.15) is 12.1 Å². The molecule has 0 spiro atoms. The lowest BCUT2D eigenvalue weighted by Crippen LogP contribution is -2.54. The highest BCUT2D eigenvalue weighted by atomic mass is 16.4. The van der Waals surface area contributed by atoms with Gasteiger partial charge in [0.2, 0.25) is 17.7 Å². The van der Waals surface area contributed by atoms with Crippen LogP contribution in [0.1, 0.15) is 17.5 Å². The fourth-order valence-corrected chi connectivity index (χ4v) is 4.55. The van der Waals surface area contributed by atoms with Crippen LogP contribution >= 0.6 is 0 Å². The number of benzene rings is 2. The molecule has 214 valence electrons. The van der Waals surface area contributed by atoms with E-state index in [1.165, 1.54) is 0 Å². The van der Waals surface area contributed by atoms with E-state index in [-0.39, 0.29) is 12.8 Å². The van der Waals surface area contributed by atoms with Crippen molar-refractivity contribution in [2.45, 2.75) is 37.4 Å². The molecule has 13 nitrogen and oxygen atoms in total. The van der Waals surface area contributed by atoms with Gasteiger partial charge in [0, 0.05) is 40.6 Å². The van der Waals surface area contributed by atoms with Crippen LogP contribution in [0.15, 0.2) is 60.9 Å². The minimum absolute atomic E-state index is 0.0692. The number of nitrogens with two attached hydrogens (primary N) is 1. The third-order valence-electron chi connectivity index (χ3n) is 6.62. The molecule has 2 aromatic carbocycles. The summed E-state index contributed by atoms with van der Waals surface area (Å²) in [6, 6.07) is 11.2. The second-order valence-electron chi connectivity index (χ2n) is 9.57. The van der Waals surface area contributed by atoms with Gasteiger partial charge in [-0.2, -0.15) is 0 Å². The number of aromatic nitrogens is 2. The smallest absolute Gasteiger partial charge is 0.326 e. The molecular formula is C28H30N6O7. The predicted molar refractivity (Wildman–Crippen MR) is 149 cm³/mol. The Morgan fingerprint density at radius 2 is 1.32 bits per heavy atom. The van der Waals surface area contributed by atoms with Crippen LogP contribution in [0.2, 0.25) is 0 Å². The monoisotopic (exact) mass is 562 g/mol. The number of nitrogens with one attached hydrogen (secondary N) is 5. The molecule has 0 saturated heterocycles. The number of carboxylic acids is 2. The molecule has 2 aromatic heterocycles. The Bertz CT molecular complexity index is 1590. The Morgan fingerprint density at radius 1 is 0.756 bits per heavy atom. The molecule has 3 atom stereocenters. The molecule has 41 heavy (non-hydrogen) atoms. The van der Waals surface area contributed by atoms with E-state index < -0.39 is 60.8 Å². The molecule has 0 aliphatic carbocycles. The number of para-hydroxylation sites is 2. The van der Waals surface area contributed by atoms with Crippen molar-refractivity contribution in [3.63, 3.8) is 0 Å². The quantitative estimate of drug-likeness (QED) is 0.114.